The van der Waals surface area contributed by atoms with Crippen LogP contribution in [0.4, 0.5) is 0 Å². The van der Waals surface area contributed by atoms with Gasteiger partial charge in [0.1, 0.15) is 18.1 Å². The van der Waals surface area contributed by atoms with Gasteiger partial charge >= 0.3 is 0 Å². The molecule has 0 fully saturated rings. The van der Waals surface area contributed by atoms with Crippen LogP contribution in [0, 0.1) is 0 Å². The molecule has 4 heteroatoms. The number of aliphatic hydroxyl groups excluding tert-OH is 1. The number of hydrogen-bond acceptors (Lipinski definition) is 4. The number of aliphatic hydroxyl groups is 1. The zero-order chi connectivity index (χ0) is 16.7. The largest absolute Gasteiger partial charge is 0.507 e. The topological polar surface area (TPSA) is 75.7 Å². The second-order valence-electron chi connectivity index (χ2n) is 5.73. The van der Waals surface area contributed by atoms with Gasteiger partial charge in [0.2, 0.25) is 0 Å². The number of rotatable bonds is 8. The molecule has 2 aromatic carbocycles. The molecular weight excluding hydrogens is 290 g/mol. The first-order chi connectivity index (χ1) is 11.1. The first-order valence-electron chi connectivity index (χ1n) is 8.05. The van der Waals surface area contributed by atoms with Gasteiger partial charge in [-0.25, -0.2) is 0 Å². The van der Waals surface area contributed by atoms with Crippen LogP contribution in [0.5, 0.6) is 11.5 Å². The Morgan fingerprint density at radius 2 is 1.87 bits per heavy atom. The molecular formula is C19H25NO3. The average molecular weight is 315 g/mol. The first-order valence-corrected chi connectivity index (χ1v) is 8.05. The molecule has 4 N–H and O–H groups in total. The summed E-state index contributed by atoms with van der Waals surface area (Å²) in [5.74, 6) is 0.629. The molecule has 0 unspecified atom stereocenters. The minimum Gasteiger partial charge on any atom is -0.507 e. The third kappa shape index (κ3) is 4.98. The third-order valence-corrected chi connectivity index (χ3v) is 3.88. The summed E-state index contributed by atoms with van der Waals surface area (Å²) >= 11 is 0. The highest BCUT2D eigenvalue weighted by atomic mass is 16.5. The van der Waals surface area contributed by atoms with Gasteiger partial charge in [-0.15, -0.1) is 0 Å². The Balaban J connectivity index is 1.99. The van der Waals surface area contributed by atoms with Gasteiger partial charge < -0.3 is 20.7 Å². The van der Waals surface area contributed by atoms with Crippen molar-refractivity contribution >= 4 is 0 Å². The van der Waals surface area contributed by atoms with Crippen LogP contribution in [0.3, 0.4) is 0 Å². The lowest BCUT2D eigenvalue weighted by Gasteiger charge is -2.20. The van der Waals surface area contributed by atoms with E-state index in [-0.39, 0.29) is 5.75 Å². The quantitative estimate of drug-likeness (QED) is 0.696. The highest BCUT2D eigenvalue weighted by Gasteiger charge is 2.19. The van der Waals surface area contributed by atoms with Gasteiger partial charge in [0.05, 0.1) is 12.1 Å². The maximum Gasteiger partial charge on any atom is 0.124 e. The Labute approximate surface area is 137 Å². The summed E-state index contributed by atoms with van der Waals surface area (Å²) in [7, 11) is 0. The van der Waals surface area contributed by atoms with Gasteiger partial charge in [-0.3, -0.25) is 0 Å². The summed E-state index contributed by atoms with van der Waals surface area (Å²) in [6, 6.07) is 14.3. The molecule has 23 heavy (non-hydrogen) atoms. The lowest BCUT2D eigenvalue weighted by atomic mass is 9.97. The van der Waals surface area contributed by atoms with E-state index >= 15 is 0 Å². The maximum absolute atomic E-state index is 10.2. The zero-order valence-electron chi connectivity index (χ0n) is 13.5. The molecule has 124 valence electrons. The SMILES string of the molecule is CCCC[C@@H](O)[C@@H](N)c1ccc(OCc2ccccc2)cc1O. The molecule has 0 amide bonds. The summed E-state index contributed by atoms with van der Waals surface area (Å²) in [6.45, 7) is 2.50. The number of hydrogen-bond donors (Lipinski definition) is 3. The van der Waals surface area contributed by atoms with Crippen molar-refractivity contribution in [3.63, 3.8) is 0 Å². The normalized spacial score (nSPS) is 13.5. The average Bonchev–Trinajstić information content (AvgIpc) is 2.58. The minimum atomic E-state index is -0.656. The Kier molecular flexibility index (Phi) is 6.44. The predicted octanol–water partition coefficient (Wildman–Crippen LogP) is 3.52. The van der Waals surface area contributed by atoms with Crippen molar-refractivity contribution in [1.29, 1.82) is 0 Å². The van der Waals surface area contributed by atoms with Crippen LogP contribution < -0.4 is 10.5 Å². The summed E-state index contributed by atoms with van der Waals surface area (Å²) in [4.78, 5) is 0. The van der Waals surface area contributed by atoms with Crippen LogP contribution in [-0.2, 0) is 6.61 Å². The fraction of sp³-hybridized carbons (Fsp3) is 0.368. The van der Waals surface area contributed by atoms with Crippen LogP contribution in [0.1, 0.15) is 43.4 Å². The van der Waals surface area contributed by atoms with Crippen LogP contribution in [0.15, 0.2) is 48.5 Å². The fourth-order valence-electron chi connectivity index (χ4n) is 2.44. The molecule has 0 aromatic heterocycles. The van der Waals surface area contributed by atoms with Gasteiger partial charge in [-0.1, -0.05) is 50.1 Å². The molecule has 0 aliphatic carbocycles. The second-order valence-corrected chi connectivity index (χ2v) is 5.73. The van der Waals surface area contributed by atoms with E-state index in [1.165, 1.54) is 0 Å². The number of benzene rings is 2. The van der Waals surface area contributed by atoms with Crippen molar-refractivity contribution in [3.8, 4) is 11.5 Å². The maximum atomic E-state index is 10.2. The Morgan fingerprint density at radius 3 is 2.52 bits per heavy atom. The van der Waals surface area contributed by atoms with Crippen molar-refractivity contribution in [1.82, 2.24) is 0 Å². The molecule has 2 rings (SSSR count). The first kappa shape index (κ1) is 17.3. The van der Waals surface area contributed by atoms with Crippen LogP contribution in [-0.4, -0.2) is 16.3 Å². The van der Waals surface area contributed by atoms with Gasteiger partial charge in [0.25, 0.3) is 0 Å². The summed E-state index contributed by atoms with van der Waals surface area (Å²) in [5, 5.41) is 20.2. The molecule has 2 aromatic rings. The molecule has 0 spiro atoms. The molecule has 2 atom stereocenters. The van der Waals surface area contributed by atoms with Crippen molar-refractivity contribution in [3.05, 3.63) is 59.7 Å². The fourth-order valence-corrected chi connectivity index (χ4v) is 2.44. The number of ether oxygens (including phenoxy) is 1. The standard InChI is InChI=1S/C19H25NO3/c1-2-3-9-17(21)19(20)16-11-10-15(12-18(16)22)23-13-14-7-5-4-6-8-14/h4-8,10-12,17,19,21-22H,2-3,9,13,20H2,1H3/t17-,19+/m1/s1. The number of phenols is 1. The molecule has 0 aliphatic heterocycles. The van der Waals surface area contributed by atoms with E-state index < -0.39 is 12.1 Å². The molecule has 0 bridgehead atoms. The van der Waals surface area contributed by atoms with Crippen molar-refractivity contribution < 1.29 is 14.9 Å². The van der Waals surface area contributed by atoms with E-state index in [9.17, 15) is 10.2 Å². The van der Waals surface area contributed by atoms with E-state index in [1.807, 2.05) is 30.3 Å². The van der Waals surface area contributed by atoms with E-state index in [4.69, 9.17) is 10.5 Å². The second kappa shape index (κ2) is 8.56. The summed E-state index contributed by atoms with van der Waals surface area (Å²) in [6.07, 6.45) is 1.89. The van der Waals surface area contributed by atoms with Gasteiger partial charge in [0, 0.05) is 11.6 Å². The highest BCUT2D eigenvalue weighted by molar-refractivity contribution is 5.41. The lowest BCUT2D eigenvalue weighted by molar-refractivity contribution is 0.131. The minimum absolute atomic E-state index is 0.0543. The molecule has 0 radical (unpaired) electrons. The smallest absolute Gasteiger partial charge is 0.124 e. The Bertz CT molecular complexity index is 601. The molecule has 0 saturated carbocycles. The van der Waals surface area contributed by atoms with Crippen molar-refractivity contribution in [2.75, 3.05) is 0 Å². The van der Waals surface area contributed by atoms with Crippen LogP contribution >= 0.6 is 0 Å². The molecule has 0 heterocycles. The predicted molar refractivity (Wildman–Crippen MR) is 91.3 cm³/mol. The Hall–Kier alpha value is -2.04. The van der Waals surface area contributed by atoms with Crippen LogP contribution in [0.25, 0.3) is 0 Å². The van der Waals surface area contributed by atoms with E-state index in [2.05, 4.69) is 6.92 Å². The van der Waals surface area contributed by atoms with Gasteiger partial charge in [-0.05, 0) is 24.1 Å². The van der Waals surface area contributed by atoms with Crippen molar-refractivity contribution in [2.24, 2.45) is 5.73 Å². The monoisotopic (exact) mass is 315 g/mol. The van der Waals surface area contributed by atoms with Gasteiger partial charge in [-0.2, -0.15) is 0 Å². The van der Waals surface area contributed by atoms with E-state index in [1.54, 1.807) is 18.2 Å². The molecule has 0 aliphatic rings. The van der Waals surface area contributed by atoms with Gasteiger partial charge in [0.15, 0.2) is 0 Å². The van der Waals surface area contributed by atoms with E-state index in [0.717, 1.165) is 18.4 Å². The third-order valence-electron chi connectivity index (χ3n) is 3.88. The molecule has 4 nitrogen and oxygen atoms in total. The molecule has 0 saturated heterocycles. The number of aromatic hydroxyl groups is 1. The van der Waals surface area contributed by atoms with E-state index in [0.29, 0.717) is 24.3 Å². The summed E-state index contributed by atoms with van der Waals surface area (Å²) in [5.41, 5.74) is 7.64. The van der Waals surface area contributed by atoms with Crippen molar-refractivity contribution in [2.45, 2.75) is 44.9 Å². The number of phenolic OH excluding ortho intramolecular Hbond substituents is 1. The van der Waals surface area contributed by atoms with Crippen LogP contribution in [0.2, 0.25) is 0 Å². The zero-order valence-corrected chi connectivity index (χ0v) is 13.5. The lowest BCUT2D eigenvalue weighted by Crippen LogP contribution is -2.26. The Morgan fingerprint density at radius 1 is 1.13 bits per heavy atom. The highest BCUT2D eigenvalue weighted by Crippen LogP contribution is 2.30. The summed E-state index contributed by atoms with van der Waals surface area (Å²) < 4.78 is 5.67. The number of unbranched alkanes of at least 4 members (excludes halogenated alkanes) is 1. The number of nitrogens with two attached hydrogens (primary N) is 1.